The number of anilines is 1. The normalized spacial score (nSPS) is 11.8. The highest BCUT2D eigenvalue weighted by atomic mass is 16.5. The Kier molecular flexibility index (Phi) is 4.40. The molecule has 1 atom stereocenters. The van der Waals surface area contributed by atoms with E-state index in [0.29, 0.717) is 5.88 Å². The molecule has 0 spiro atoms. The summed E-state index contributed by atoms with van der Waals surface area (Å²) in [6.07, 6.45) is 1.49. The maximum Gasteiger partial charge on any atom is 0.221 e. The van der Waals surface area contributed by atoms with Gasteiger partial charge in [-0.2, -0.15) is 0 Å². The molecule has 2 aromatic rings. The minimum Gasteiger partial charge on any atom is -0.497 e. The summed E-state index contributed by atoms with van der Waals surface area (Å²) in [5, 5.41) is 3.37. The highest BCUT2D eigenvalue weighted by molar-refractivity contribution is 5.49. The smallest absolute Gasteiger partial charge is 0.221 e. The highest BCUT2D eigenvalue weighted by Crippen LogP contribution is 2.25. The number of hydrogen-bond acceptors (Lipinski definition) is 5. The van der Waals surface area contributed by atoms with E-state index in [1.54, 1.807) is 14.2 Å². The van der Waals surface area contributed by atoms with Crippen molar-refractivity contribution in [3.05, 3.63) is 41.7 Å². The van der Waals surface area contributed by atoms with E-state index >= 15 is 0 Å². The topological polar surface area (TPSA) is 56.3 Å². The molecule has 0 radical (unpaired) electrons. The minimum absolute atomic E-state index is 0.124. The number of nitrogens with zero attached hydrogens (tertiary/aromatic N) is 2. The molecule has 5 heteroatoms. The van der Waals surface area contributed by atoms with Crippen molar-refractivity contribution in [1.82, 2.24) is 9.97 Å². The highest BCUT2D eigenvalue weighted by Gasteiger charge is 2.11. The Morgan fingerprint density at radius 2 is 1.75 bits per heavy atom. The third-order valence-electron chi connectivity index (χ3n) is 3.20. The summed E-state index contributed by atoms with van der Waals surface area (Å²) < 4.78 is 10.4. The molecule has 0 aliphatic carbocycles. The first kappa shape index (κ1) is 14.1. The van der Waals surface area contributed by atoms with Gasteiger partial charge in [-0.3, -0.25) is 0 Å². The van der Waals surface area contributed by atoms with Crippen LogP contribution in [0.4, 0.5) is 5.82 Å². The molecule has 0 aliphatic heterocycles. The quantitative estimate of drug-likeness (QED) is 0.907. The molecule has 1 heterocycles. The second-order valence-corrected chi connectivity index (χ2v) is 4.50. The van der Waals surface area contributed by atoms with Crippen molar-refractivity contribution in [3.8, 4) is 11.6 Å². The van der Waals surface area contributed by atoms with Crippen molar-refractivity contribution in [2.45, 2.75) is 19.9 Å². The number of aromatic nitrogens is 2. The predicted octanol–water partition coefficient (Wildman–Crippen LogP) is 2.98. The van der Waals surface area contributed by atoms with Crippen molar-refractivity contribution in [3.63, 3.8) is 0 Å². The number of rotatable bonds is 5. The minimum atomic E-state index is 0.124. The molecular formula is C15H19N3O2. The fraction of sp³-hybridized carbons (Fsp3) is 0.333. The van der Waals surface area contributed by atoms with Crippen molar-refractivity contribution in [1.29, 1.82) is 0 Å². The first-order valence-electron chi connectivity index (χ1n) is 6.41. The van der Waals surface area contributed by atoms with Gasteiger partial charge in [-0.25, -0.2) is 9.97 Å². The lowest BCUT2D eigenvalue weighted by atomic mass is 10.1. The van der Waals surface area contributed by atoms with Gasteiger partial charge in [-0.1, -0.05) is 12.1 Å². The number of hydrogen-bond donors (Lipinski definition) is 1. The zero-order chi connectivity index (χ0) is 14.5. The van der Waals surface area contributed by atoms with Gasteiger partial charge in [-0.05, 0) is 31.5 Å². The molecule has 1 aromatic heterocycles. The van der Waals surface area contributed by atoms with Crippen LogP contribution < -0.4 is 14.8 Å². The zero-order valence-corrected chi connectivity index (χ0v) is 12.2. The Balaban J connectivity index is 2.16. The number of benzene rings is 1. The molecule has 5 nitrogen and oxygen atoms in total. The summed E-state index contributed by atoms with van der Waals surface area (Å²) in [6, 6.07) is 8.08. The average Bonchev–Trinajstić information content (AvgIpc) is 2.49. The zero-order valence-electron chi connectivity index (χ0n) is 12.2. The van der Waals surface area contributed by atoms with Crippen LogP contribution in [0.5, 0.6) is 11.6 Å². The van der Waals surface area contributed by atoms with Crippen LogP contribution in [0.1, 0.15) is 24.1 Å². The van der Waals surface area contributed by atoms with E-state index in [-0.39, 0.29) is 6.04 Å². The van der Waals surface area contributed by atoms with Crippen LogP contribution in [0.2, 0.25) is 0 Å². The van der Waals surface area contributed by atoms with Crippen LogP contribution in [0.15, 0.2) is 30.6 Å². The standard InChI is InChI=1S/C15H19N3O2/c1-10-14(16-9-17-15(10)20-4)18-11(2)12-5-7-13(19-3)8-6-12/h5-9,11H,1-4H3,(H,16,17,18). The second kappa shape index (κ2) is 6.23. The molecule has 1 unspecified atom stereocenters. The lowest BCUT2D eigenvalue weighted by Gasteiger charge is -2.17. The van der Waals surface area contributed by atoms with Gasteiger partial charge in [-0.15, -0.1) is 0 Å². The van der Waals surface area contributed by atoms with Crippen molar-refractivity contribution >= 4 is 5.82 Å². The van der Waals surface area contributed by atoms with Gasteiger partial charge in [0.25, 0.3) is 0 Å². The van der Waals surface area contributed by atoms with Crippen LogP contribution in [-0.2, 0) is 0 Å². The summed E-state index contributed by atoms with van der Waals surface area (Å²) >= 11 is 0. The SMILES string of the molecule is COc1ccc(C(C)Nc2ncnc(OC)c2C)cc1. The third kappa shape index (κ3) is 2.99. The van der Waals surface area contributed by atoms with E-state index in [1.807, 2.05) is 31.2 Å². The lowest BCUT2D eigenvalue weighted by Crippen LogP contribution is -2.10. The van der Waals surface area contributed by atoms with Crippen LogP contribution in [0.3, 0.4) is 0 Å². The largest absolute Gasteiger partial charge is 0.497 e. The third-order valence-corrected chi connectivity index (χ3v) is 3.20. The maximum atomic E-state index is 5.20. The molecule has 1 aromatic carbocycles. The van der Waals surface area contributed by atoms with Gasteiger partial charge in [0, 0.05) is 6.04 Å². The molecule has 0 bridgehead atoms. The first-order chi connectivity index (χ1) is 9.65. The van der Waals surface area contributed by atoms with Gasteiger partial charge in [0.15, 0.2) is 0 Å². The first-order valence-corrected chi connectivity index (χ1v) is 6.41. The Bertz CT molecular complexity index is 570. The number of methoxy groups -OCH3 is 2. The number of nitrogens with one attached hydrogen (secondary N) is 1. The van der Waals surface area contributed by atoms with E-state index in [0.717, 1.165) is 22.7 Å². The lowest BCUT2D eigenvalue weighted by molar-refractivity contribution is 0.393. The summed E-state index contributed by atoms with van der Waals surface area (Å²) in [6.45, 7) is 4.01. The molecule has 0 saturated heterocycles. The van der Waals surface area contributed by atoms with E-state index in [2.05, 4.69) is 22.2 Å². The summed E-state index contributed by atoms with van der Waals surface area (Å²) in [5.74, 6) is 2.21. The molecule has 0 aliphatic rings. The van der Waals surface area contributed by atoms with E-state index in [9.17, 15) is 0 Å². The fourth-order valence-electron chi connectivity index (χ4n) is 1.97. The van der Waals surface area contributed by atoms with Crippen LogP contribution in [0, 0.1) is 6.92 Å². The molecule has 20 heavy (non-hydrogen) atoms. The molecular weight excluding hydrogens is 254 g/mol. The van der Waals surface area contributed by atoms with Gasteiger partial charge in [0.05, 0.1) is 19.8 Å². The van der Waals surface area contributed by atoms with E-state index in [1.165, 1.54) is 6.33 Å². The monoisotopic (exact) mass is 273 g/mol. The van der Waals surface area contributed by atoms with E-state index < -0.39 is 0 Å². The summed E-state index contributed by atoms with van der Waals surface area (Å²) in [5.41, 5.74) is 2.05. The molecule has 0 saturated carbocycles. The Labute approximate surface area is 119 Å². The Morgan fingerprint density at radius 1 is 1.05 bits per heavy atom. The fourth-order valence-corrected chi connectivity index (χ4v) is 1.97. The van der Waals surface area contributed by atoms with Gasteiger partial charge >= 0.3 is 0 Å². The molecule has 2 rings (SSSR count). The second-order valence-electron chi connectivity index (χ2n) is 4.50. The van der Waals surface area contributed by atoms with Crippen molar-refractivity contribution in [2.24, 2.45) is 0 Å². The number of ether oxygens (including phenoxy) is 2. The molecule has 0 amide bonds. The van der Waals surface area contributed by atoms with Gasteiger partial charge in [0.2, 0.25) is 5.88 Å². The van der Waals surface area contributed by atoms with Gasteiger partial charge in [0.1, 0.15) is 17.9 Å². The molecule has 0 fully saturated rings. The average molecular weight is 273 g/mol. The summed E-state index contributed by atoms with van der Waals surface area (Å²) in [7, 11) is 3.26. The molecule has 106 valence electrons. The maximum absolute atomic E-state index is 5.20. The molecule has 1 N–H and O–H groups in total. The van der Waals surface area contributed by atoms with Crippen LogP contribution in [0.25, 0.3) is 0 Å². The van der Waals surface area contributed by atoms with Crippen LogP contribution in [-0.4, -0.2) is 24.2 Å². The van der Waals surface area contributed by atoms with Crippen LogP contribution >= 0.6 is 0 Å². The van der Waals surface area contributed by atoms with Crippen molar-refractivity contribution in [2.75, 3.05) is 19.5 Å². The van der Waals surface area contributed by atoms with E-state index in [4.69, 9.17) is 9.47 Å². The Hall–Kier alpha value is -2.30. The van der Waals surface area contributed by atoms with Crippen molar-refractivity contribution < 1.29 is 9.47 Å². The predicted molar refractivity (Wildman–Crippen MR) is 78.4 cm³/mol. The van der Waals surface area contributed by atoms with Gasteiger partial charge < -0.3 is 14.8 Å². The summed E-state index contributed by atoms with van der Waals surface area (Å²) in [4.78, 5) is 8.33. The Morgan fingerprint density at radius 3 is 2.35 bits per heavy atom.